The molecule has 2 heterocycles. The Balaban J connectivity index is 1.84. The topological polar surface area (TPSA) is 49.9 Å². The maximum atomic E-state index is 12.4. The molecule has 2 amide bonds. The third-order valence-electron chi connectivity index (χ3n) is 4.10. The Hall–Kier alpha value is -1.10. The van der Waals surface area contributed by atoms with E-state index in [-0.39, 0.29) is 23.1 Å². The predicted octanol–water partition coefficient (Wildman–Crippen LogP) is 1.13. The van der Waals surface area contributed by atoms with Crippen LogP contribution in [0, 0.1) is 11.3 Å². The minimum absolute atomic E-state index is 0.0807. The monoisotopic (exact) mass is 282 g/mol. The molecule has 2 fully saturated rings. The number of ether oxygens (including phenoxy) is 1. The van der Waals surface area contributed by atoms with E-state index in [4.69, 9.17) is 4.74 Å². The Labute approximate surface area is 121 Å². The first-order valence-corrected chi connectivity index (χ1v) is 7.55. The lowest BCUT2D eigenvalue weighted by Gasteiger charge is -2.37. The molecule has 0 aromatic rings. The molecule has 0 aromatic carbocycles. The van der Waals surface area contributed by atoms with Gasteiger partial charge in [-0.25, -0.2) is 0 Å². The summed E-state index contributed by atoms with van der Waals surface area (Å²) in [4.78, 5) is 28.4. The zero-order valence-corrected chi connectivity index (χ0v) is 12.9. The lowest BCUT2D eigenvalue weighted by Crippen LogP contribution is -2.49. The summed E-state index contributed by atoms with van der Waals surface area (Å²) in [6, 6.07) is 0. The molecule has 0 spiro atoms. The van der Waals surface area contributed by atoms with Gasteiger partial charge in [0, 0.05) is 37.5 Å². The fourth-order valence-corrected chi connectivity index (χ4v) is 2.85. The molecule has 0 bridgehead atoms. The van der Waals surface area contributed by atoms with Crippen molar-refractivity contribution in [1.29, 1.82) is 0 Å². The molecule has 0 saturated carbocycles. The Bertz CT molecular complexity index is 362. The molecule has 0 radical (unpaired) electrons. The smallest absolute Gasteiger partial charge is 0.227 e. The van der Waals surface area contributed by atoms with Crippen LogP contribution in [-0.4, -0.2) is 61.0 Å². The summed E-state index contributed by atoms with van der Waals surface area (Å²) >= 11 is 0. The lowest BCUT2D eigenvalue weighted by atomic mass is 9.90. The largest absolute Gasteiger partial charge is 0.378 e. The number of piperidine rings is 1. The molecule has 0 aliphatic carbocycles. The first-order chi connectivity index (χ1) is 9.39. The molecule has 5 heteroatoms. The molecular weight excluding hydrogens is 256 g/mol. The van der Waals surface area contributed by atoms with Gasteiger partial charge in [0.25, 0.3) is 0 Å². The molecule has 0 N–H and O–H groups in total. The van der Waals surface area contributed by atoms with Crippen LogP contribution in [0.2, 0.25) is 0 Å². The van der Waals surface area contributed by atoms with E-state index < -0.39 is 0 Å². The minimum Gasteiger partial charge on any atom is -0.378 e. The summed E-state index contributed by atoms with van der Waals surface area (Å²) in [5.41, 5.74) is -0.332. The van der Waals surface area contributed by atoms with Crippen LogP contribution in [0.25, 0.3) is 0 Å². The molecule has 2 aliphatic rings. The van der Waals surface area contributed by atoms with Crippen molar-refractivity contribution in [2.24, 2.45) is 11.3 Å². The summed E-state index contributed by atoms with van der Waals surface area (Å²) in [6.07, 6.45) is 1.58. The zero-order valence-electron chi connectivity index (χ0n) is 12.9. The highest BCUT2D eigenvalue weighted by atomic mass is 16.5. The van der Waals surface area contributed by atoms with E-state index in [1.54, 1.807) is 0 Å². The summed E-state index contributed by atoms with van der Waals surface area (Å²) in [5.74, 6) is 0.517. The molecule has 2 aliphatic heterocycles. The van der Waals surface area contributed by atoms with Crippen molar-refractivity contribution >= 4 is 11.8 Å². The highest BCUT2D eigenvalue weighted by Gasteiger charge is 2.34. The van der Waals surface area contributed by atoms with Crippen molar-refractivity contribution in [3.05, 3.63) is 0 Å². The molecule has 0 aromatic heterocycles. The van der Waals surface area contributed by atoms with Gasteiger partial charge in [-0.2, -0.15) is 0 Å². The summed E-state index contributed by atoms with van der Waals surface area (Å²) in [5, 5.41) is 0. The second kappa shape index (κ2) is 6.12. The molecule has 114 valence electrons. The van der Waals surface area contributed by atoms with Crippen molar-refractivity contribution in [3.63, 3.8) is 0 Å². The average Bonchev–Trinajstić information content (AvgIpc) is 2.46. The van der Waals surface area contributed by atoms with Crippen LogP contribution < -0.4 is 0 Å². The number of likely N-dealkylation sites (tertiary alicyclic amines) is 1. The highest BCUT2D eigenvalue weighted by Crippen LogP contribution is 2.24. The molecule has 20 heavy (non-hydrogen) atoms. The SMILES string of the molecule is CC(C)(C)C(=O)N1CCC(C(=O)N2CCOCC2)CC1. The average molecular weight is 282 g/mol. The standard InChI is InChI=1S/C15H26N2O3/c1-15(2,3)14(19)17-6-4-12(5-7-17)13(18)16-8-10-20-11-9-16/h12H,4-11H2,1-3H3. The van der Waals surface area contributed by atoms with Gasteiger partial charge in [0.2, 0.25) is 11.8 Å². The van der Waals surface area contributed by atoms with Crippen LogP contribution in [0.4, 0.5) is 0 Å². The van der Waals surface area contributed by atoms with Gasteiger partial charge in [-0.15, -0.1) is 0 Å². The van der Waals surface area contributed by atoms with Crippen LogP contribution in [-0.2, 0) is 14.3 Å². The predicted molar refractivity (Wildman–Crippen MR) is 76.2 cm³/mol. The Morgan fingerprint density at radius 3 is 2.00 bits per heavy atom. The van der Waals surface area contributed by atoms with E-state index in [1.165, 1.54) is 0 Å². The van der Waals surface area contributed by atoms with Crippen LogP contribution in [0.15, 0.2) is 0 Å². The first-order valence-electron chi connectivity index (χ1n) is 7.55. The number of hydrogen-bond donors (Lipinski definition) is 0. The maximum absolute atomic E-state index is 12.4. The highest BCUT2D eigenvalue weighted by molar-refractivity contribution is 5.82. The molecule has 2 saturated heterocycles. The van der Waals surface area contributed by atoms with Crippen molar-refractivity contribution < 1.29 is 14.3 Å². The van der Waals surface area contributed by atoms with E-state index in [0.717, 1.165) is 12.8 Å². The normalized spacial score (nSPS) is 21.9. The van der Waals surface area contributed by atoms with Gasteiger partial charge in [-0.1, -0.05) is 20.8 Å². The second-order valence-electron chi connectivity index (χ2n) is 6.75. The number of morpholine rings is 1. The summed E-state index contributed by atoms with van der Waals surface area (Å²) < 4.78 is 5.28. The van der Waals surface area contributed by atoms with Crippen molar-refractivity contribution in [2.75, 3.05) is 39.4 Å². The summed E-state index contributed by atoms with van der Waals surface area (Å²) in [6.45, 7) is 9.95. The van der Waals surface area contributed by atoms with Crippen LogP contribution in [0.5, 0.6) is 0 Å². The molecule has 5 nitrogen and oxygen atoms in total. The Morgan fingerprint density at radius 2 is 1.50 bits per heavy atom. The van der Waals surface area contributed by atoms with Gasteiger partial charge in [-0.3, -0.25) is 9.59 Å². The van der Waals surface area contributed by atoms with E-state index in [1.807, 2.05) is 30.6 Å². The molecular formula is C15H26N2O3. The van der Waals surface area contributed by atoms with Crippen LogP contribution in [0.3, 0.4) is 0 Å². The third kappa shape index (κ3) is 3.51. The number of nitrogens with zero attached hydrogens (tertiary/aromatic N) is 2. The fraction of sp³-hybridized carbons (Fsp3) is 0.867. The quantitative estimate of drug-likeness (QED) is 0.724. The fourth-order valence-electron chi connectivity index (χ4n) is 2.85. The van der Waals surface area contributed by atoms with Gasteiger partial charge in [0.15, 0.2) is 0 Å². The number of rotatable bonds is 1. The maximum Gasteiger partial charge on any atom is 0.227 e. The lowest BCUT2D eigenvalue weighted by molar-refractivity contribution is -0.146. The first kappa shape index (κ1) is 15.3. The van der Waals surface area contributed by atoms with Gasteiger partial charge in [0.05, 0.1) is 13.2 Å². The number of hydrogen-bond acceptors (Lipinski definition) is 3. The number of carbonyl (C=O) groups is 2. The van der Waals surface area contributed by atoms with Crippen molar-refractivity contribution in [1.82, 2.24) is 9.80 Å². The van der Waals surface area contributed by atoms with Crippen molar-refractivity contribution in [2.45, 2.75) is 33.6 Å². The third-order valence-corrected chi connectivity index (χ3v) is 4.10. The van der Waals surface area contributed by atoms with Crippen LogP contribution >= 0.6 is 0 Å². The second-order valence-corrected chi connectivity index (χ2v) is 6.75. The summed E-state index contributed by atoms with van der Waals surface area (Å²) in [7, 11) is 0. The molecule has 0 unspecified atom stereocenters. The van der Waals surface area contributed by atoms with Gasteiger partial charge < -0.3 is 14.5 Å². The van der Waals surface area contributed by atoms with E-state index in [0.29, 0.717) is 39.4 Å². The zero-order chi connectivity index (χ0) is 14.8. The van der Waals surface area contributed by atoms with Crippen LogP contribution in [0.1, 0.15) is 33.6 Å². The van der Waals surface area contributed by atoms with E-state index >= 15 is 0 Å². The van der Waals surface area contributed by atoms with Gasteiger partial charge in [-0.05, 0) is 12.8 Å². The van der Waals surface area contributed by atoms with Crippen molar-refractivity contribution in [3.8, 4) is 0 Å². The molecule has 0 atom stereocenters. The number of carbonyl (C=O) groups excluding carboxylic acids is 2. The minimum atomic E-state index is -0.332. The molecule has 2 rings (SSSR count). The Kier molecular flexibility index (Phi) is 4.68. The van der Waals surface area contributed by atoms with E-state index in [9.17, 15) is 9.59 Å². The van der Waals surface area contributed by atoms with E-state index in [2.05, 4.69) is 0 Å². The number of amides is 2. The Morgan fingerprint density at radius 1 is 0.950 bits per heavy atom. The van der Waals surface area contributed by atoms with Gasteiger partial charge in [0.1, 0.15) is 0 Å². The van der Waals surface area contributed by atoms with Gasteiger partial charge >= 0.3 is 0 Å².